The summed E-state index contributed by atoms with van der Waals surface area (Å²) < 4.78 is 12.9. The zero-order valence-electron chi connectivity index (χ0n) is 11.8. The van der Waals surface area contributed by atoms with Crippen LogP contribution in [-0.2, 0) is 13.0 Å². The van der Waals surface area contributed by atoms with Crippen molar-refractivity contribution in [3.05, 3.63) is 81.1 Å². The Hall–Kier alpha value is -1.95. The lowest BCUT2D eigenvalue weighted by Crippen LogP contribution is -1.96. The van der Waals surface area contributed by atoms with Crippen LogP contribution in [0.15, 0.2) is 48.5 Å². The molecule has 3 aromatic rings. The van der Waals surface area contributed by atoms with E-state index in [1.165, 1.54) is 23.5 Å². The fourth-order valence-electron chi connectivity index (χ4n) is 2.32. The lowest BCUT2D eigenvalue weighted by Gasteiger charge is -2.08. The van der Waals surface area contributed by atoms with E-state index in [1.54, 1.807) is 12.1 Å². The SMILES string of the molecule is OCc1ccc(Cc2ccc(C(O)c3ccc(F)cc3)s2)[nH]1. The molecule has 1 unspecified atom stereocenters. The maximum absolute atomic E-state index is 12.9. The molecule has 1 atom stereocenters. The molecule has 0 fully saturated rings. The highest BCUT2D eigenvalue weighted by Gasteiger charge is 2.13. The normalized spacial score (nSPS) is 12.5. The summed E-state index contributed by atoms with van der Waals surface area (Å²) >= 11 is 1.53. The number of aliphatic hydroxyl groups is 2. The number of H-pyrrole nitrogens is 1. The van der Waals surface area contributed by atoms with Gasteiger partial charge >= 0.3 is 0 Å². The zero-order chi connectivity index (χ0) is 15.5. The third-order valence-electron chi connectivity index (χ3n) is 3.48. The molecule has 2 heterocycles. The van der Waals surface area contributed by atoms with Crippen LogP contribution in [0.25, 0.3) is 0 Å². The average molecular weight is 317 g/mol. The average Bonchev–Trinajstić information content (AvgIpc) is 3.17. The first-order valence-corrected chi connectivity index (χ1v) is 7.77. The number of thiophene rings is 1. The van der Waals surface area contributed by atoms with E-state index in [0.29, 0.717) is 5.56 Å². The largest absolute Gasteiger partial charge is 0.390 e. The van der Waals surface area contributed by atoms with Crippen LogP contribution in [0.5, 0.6) is 0 Å². The van der Waals surface area contributed by atoms with E-state index in [2.05, 4.69) is 4.98 Å². The Morgan fingerprint density at radius 3 is 2.41 bits per heavy atom. The first kappa shape index (κ1) is 15.0. The number of aromatic amines is 1. The number of hydrogen-bond acceptors (Lipinski definition) is 3. The van der Waals surface area contributed by atoms with E-state index >= 15 is 0 Å². The number of hydrogen-bond donors (Lipinski definition) is 3. The second kappa shape index (κ2) is 6.44. The number of rotatable bonds is 5. The maximum atomic E-state index is 12.9. The quantitative estimate of drug-likeness (QED) is 0.676. The molecule has 114 valence electrons. The smallest absolute Gasteiger partial charge is 0.123 e. The Balaban J connectivity index is 1.73. The molecule has 0 aliphatic rings. The molecule has 3 N–H and O–H groups in total. The standard InChI is InChI=1S/C17H16FNO2S/c18-12-3-1-11(2-4-12)17(21)16-8-7-15(22-16)9-13-5-6-14(10-20)19-13/h1-8,17,19-21H,9-10H2. The van der Waals surface area contributed by atoms with E-state index in [4.69, 9.17) is 5.11 Å². The van der Waals surface area contributed by atoms with E-state index in [9.17, 15) is 9.50 Å². The topological polar surface area (TPSA) is 56.2 Å². The molecule has 0 bridgehead atoms. The lowest BCUT2D eigenvalue weighted by atomic mass is 10.1. The Bertz CT molecular complexity index is 748. The van der Waals surface area contributed by atoms with Crippen molar-refractivity contribution in [3.63, 3.8) is 0 Å². The van der Waals surface area contributed by atoms with Gasteiger partial charge in [-0.3, -0.25) is 0 Å². The Morgan fingerprint density at radius 2 is 1.73 bits per heavy atom. The second-order valence-corrected chi connectivity index (χ2v) is 6.30. The van der Waals surface area contributed by atoms with Gasteiger partial charge < -0.3 is 15.2 Å². The fourth-order valence-corrected chi connectivity index (χ4v) is 3.37. The summed E-state index contributed by atoms with van der Waals surface area (Å²) in [7, 11) is 0. The van der Waals surface area contributed by atoms with Gasteiger partial charge in [-0.25, -0.2) is 4.39 Å². The van der Waals surface area contributed by atoms with Crippen LogP contribution in [0.2, 0.25) is 0 Å². The molecule has 3 nitrogen and oxygen atoms in total. The van der Waals surface area contributed by atoms with Crippen molar-refractivity contribution in [2.45, 2.75) is 19.1 Å². The van der Waals surface area contributed by atoms with Gasteiger partial charge in [-0.05, 0) is 42.0 Å². The molecule has 0 saturated carbocycles. The van der Waals surface area contributed by atoms with E-state index in [0.717, 1.165) is 27.6 Å². The van der Waals surface area contributed by atoms with E-state index in [1.807, 2.05) is 24.3 Å². The van der Waals surface area contributed by atoms with E-state index in [-0.39, 0.29) is 12.4 Å². The third-order valence-corrected chi connectivity index (χ3v) is 4.62. The molecule has 22 heavy (non-hydrogen) atoms. The minimum atomic E-state index is -0.740. The Kier molecular flexibility index (Phi) is 4.38. The molecule has 1 aromatic carbocycles. The van der Waals surface area contributed by atoms with Crippen molar-refractivity contribution >= 4 is 11.3 Å². The zero-order valence-corrected chi connectivity index (χ0v) is 12.6. The highest BCUT2D eigenvalue weighted by molar-refractivity contribution is 7.12. The molecule has 0 aliphatic carbocycles. The summed E-state index contributed by atoms with van der Waals surface area (Å²) in [6, 6.07) is 13.6. The van der Waals surface area contributed by atoms with Crippen LogP contribution < -0.4 is 0 Å². The summed E-state index contributed by atoms with van der Waals surface area (Å²) in [5.74, 6) is -0.311. The van der Waals surface area contributed by atoms with Crippen LogP contribution in [-0.4, -0.2) is 15.2 Å². The predicted octanol–water partition coefficient (Wildman–Crippen LogP) is 3.38. The minimum Gasteiger partial charge on any atom is -0.390 e. The molecule has 2 aromatic heterocycles. The maximum Gasteiger partial charge on any atom is 0.123 e. The molecule has 0 aliphatic heterocycles. The summed E-state index contributed by atoms with van der Waals surface area (Å²) in [5, 5.41) is 19.4. The molecular weight excluding hydrogens is 301 g/mol. The first-order valence-electron chi connectivity index (χ1n) is 6.95. The van der Waals surface area contributed by atoms with Crippen molar-refractivity contribution in [3.8, 4) is 0 Å². The Morgan fingerprint density at radius 1 is 1.00 bits per heavy atom. The number of aromatic nitrogens is 1. The fraction of sp³-hybridized carbons (Fsp3) is 0.176. The highest BCUT2D eigenvalue weighted by atomic mass is 32.1. The van der Waals surface area contributed by atoms with Gasteiger partial charge in [0.15, 0.2) is 0 Å². The van der Waals surface area contributed by atoms with Gasteiger partial charge in [0.2, 0.25) is 0 Å². The van der Waals surface area contributed by atoms with Crippen LogP contribution in [0, 0.1) is 5.82 Å². The summed E-state index contributed by atoms with van der Waals surface area (Å²) in [5.41, 5.74) is 2.49. The van der Waals surface area contributed by atoms with Crippen LogP contribution in [0.3, 0.4) is 0 Å². The monoisotopic (exact) mass is 317 g/mol. The second-order valence-electron chi connectivity index (χ2n) is 5.10. The molecule has 0 spiro atoms. The Labute approximate surface area is 131 Å². The van der Waals surface area contributed by atoms with Gasteiger partial charge in [0.05, 0.1) is 6.61 Å². The number of halogens is 1. The van der Waals surface area contributed by atoms with Crippen molar-refractivity contribution in [1.29, 1.82) is 0 Å². The van der Waals surface area contributed by atoms with Crippen molar-refractivity contribution in [2.24, 2.45) is 0 Å². The number of aliphatic hydroxyl groups excluding tert-OH is 2. The van der Waals surface area contributed by atoms with E-state index < -0.39 is 6.10 Å². The predicted molar refractivity (Wildman–Crippen MR) is 84.3 cm³/mol. The van der Waals surface area contributed by atoms with Gasteiger partial charge in [0.1, 0.15) is 11.9 Å². The molecule has 0 radical (unpaired) electrons. The highest BCUT2D eigenvalue weighted by Crippen LogP contribution is 2.29. The van der Waals surface area contributed by atoms with Gasteiger partial charge in [0.25, 0.3) is 0 Å². The molecule has 5 heteroatoms. The first-order chi connectivity index (χ1) is 10.7. The van der Waals surface area contributed by atoms with Crippen LogP contribution in [0.4, 0.5) is 4.39 Å². The summed E-state index contributed by atoms with van der Waals surface area (Å²) in [6.45, 7) is -0.00102. The van der Waals surface area contributed by atoms with Gasteiger partial charge in [0, 0.05) is 27.6 Å². The van der Waals surface area contributed by atoms with Gasteiger partial charge in [-0.15, -0.1) is 11.3 Å². The van der Waals surface area contributed by atoms with Crippen LogP contribution in [0.1, 0.15) is 32.8 Å². The minimum absolute atomic E-state index is 0.00102. The van der Waals surface area contributed by atoms with Crippen LogP contribution >= 0.6 is 11.3 Å². The lowest BCUT2D eigenvalue weighted by molar-refractivity contribution is 0.224. The third kappa shape index (κ3) is 3.27. The van der Waals surface area contributed by atoms with Crippen molar-refractivity contribution < 1.29 is 14.6 Å². The van der Waals surface area contributed by atoms with Gasteiger partial charge in [-0.2, -0.15) is 0 Å². The van der Waals surface area contributed by atoms with Crippen molar-refractivity contribution in [2.75, 3.05) is 0 Å². The summed E-state index contributed by atoms with van der Waals surface area (Å²) in [6.07, 6.45) is -0.0168. The summed E-state index contributed by atoms with van der Waals surface area (Å²) in [4.78, 5) is 5.08. The van der Waals surface area contributed by atoms with Gasteiger partial charge in [-0.1, -0.05) is 12.1 Å². The van der Waals surface area contributed by atoms with Crippen molar-refractivity contribution in [1.82, 2.24) is 4.98 Å². The molecule has 0 amide bonds. The molecule has 0 saturated heterocycles. The molecule has 3 rings (SSSR count). The molecular formula is C17H16FNO2S. The number of nitrogens with one attached hydrogen (secondary N) is 1. The number of benzene rings is 1.